The summed E-state index contributed by atoms with van der Waals surface area (Å²) < 4.78 is 6.68. The van der Waals surface area contributed by atoms with E-state index in [9.17, 15) is 4.79 Å². The van der Waals surface area contributed by atoms with Crippen molar-refractivity contribution in [3.05, 3.63) is 46.4 Å². The van der Waals surface area contributed by atoms with E-state index < -0.39 is 0 Å². The molecule has 1 fully saturated rings. The average Bonchev–Trinajstić information content (AvgIpc) is 2.53. The molecule has 1 amide bonds. The molecule has 0 N–H and O–H groups in total. The number of rotatable bonds is 2. The van der Waals surface area contributed by atoms with Crippen molar-refractivity contribution in [3.8, 4) is 0 Å². The van der Waals surface area contributed by atoms with Crippen molar-refractivity contribution in [2.45, 2.75) is 19.4 Å². The van der Waals surface area contributed by atoms with Crippen LogP contribution in [-0.4, -0.2) is 36.6 Å². The van der Waals surface area contributed by atoms with Crippen LogP contribution in [0.3, 0.4) is 0 Å². The van der Waals surface area contributed by atoms with Gasteiger partial charge in [-0.1, -0.05) is 35.0 Å². The van der Waals surface area contributed by atoms with Crippen LogP contribution in [0.25, 0.3) is 10.8 Å². The van der Waals surface area contributed by atoms with Crippen molar-refractivity contribution in [1.29, 1.82) is 0 Å². The summed E-state index contributed by atoms with van der Waals surface area (Å²) in [5.41, 5.74) is 0.751. The fraction of sp³-hybridized carbons (Fsp3) is 0.353. The van der Waals surface area contributed by atoms with Crippen LogP contribution in [0.1, 0.15) is 23.7 Å². The summed E-state index contributed by atoms with van der Waals surface area (Å²) in [5, 5.41) is 2.22. The minimum atomic E-state index is 0.0987. The van der Waals surface area contributed by atoms with Gasteiger partial charge < -0.3 is 9.64 Å². The first-order chi connectivity index (χ1) is 10.2. The number of ether oxygens (including phenoxy) is 1. The van der Waals surface area contributed by atoms with E-state index >= 15 is 0 Å². The highest BCUT2D eigenvalue weighted by molar-refractivity contribution is 9.10. The van der Waals surface area contributed by atoms with Gasteiger partial charge in [0.2, 0.25) is 0 Å². The molecule has 1 unspecified atom stereocenters. The number of halogens is 1. The molecule has 0 aliphatic carbocycles. The lowest BCUT2D eigenvalue weighted by Gasteiger charge is -2.32. The van der Waals surface area contributed by atoms with E-state index in [0.717, 1.165) is 27.2 Å². The summed E-state index contributed by atoms with van der Waals surface area (Å²) in [6.45, 7) is 4.08. The topological polar surface area (TPSA) is 29.5 Å². The molecule has 3 rings (SSSR count). The van der Waals surface area contributed by atoms with Gasteiger partial charge in [0.1, 0.15) is 0 Å². The molecular formula is C17H18BrNO2. The van der Waals surface area contributed by atoms with Crippen molar-refractivity contribution in [1.82, 2.24) is 4.90 Å². The second-order valence-electron chi connectivity index (χ2n) is 5.36. The van der Waals surface area contributed by atoms with Gasteiger partial charge in [-0.3, -0.25) is 4.79 Å². The van der Waals surface area contributed by atoms with Crippen LogP contribution in [0, 0.1) is 0 Å². The van der Waals surface area contributed by atoms with E-state index in [1.165, 1.54) is 0 Å². The Hall–Kier alpha value is -1.39. The highest BCUT2D eigenvalue weighted by Gasteiger charge is 2.23. The second-order valence-corrected chi connectivity index (χ2v) is 6.27. The summed E-state index contributed by atoms with van der Waals surface area (Å²) >= 11 is 3.47. The Morgan fingerprint density at radius 2 is 2.05 bits per heavy atom. The lowest BCUT2D eigenvalue weighted by molar-refractivity contribution is -0.0226. The molecule has 0 bridgehead atoms. The lowest BCUT2D eigenvalue weighted by Crippen LogP contribution is -2.45. The minimum absolute atomic E-state index is 0.0987. The third kappa shape index (κ3) is 3.11. The molecule has 1 heterocycles. The molecule has 0 radical (unpaired) electrons. The first-order valence-corrected chi connectivity index (χ1v) is 8.07. The maximum atomic E-state index is 12.6. The number of carbonyl (C=O) groups is 1. The van der Waals surface area contributed by atoms with Crippen LogP contribution in [0.4, 0.5) is 0 Å². The van der Waals surface area contributed by atoms with Crippen molar-refractivity contribution in [2.24, 2.45) is 0 Å². The zero-order valence-corrected chi connectivity index (χ0v) is 13.6. The van der Waals surface area contributed by atoms with E-state index in [2.05, 4.69) is 28.9 Å². The van der Waals surface area contributed by atoms with E-state index in [-0.39, 0.29) is 12.0 Å². The Morgan fingerprint density at radius 1 is 1.29 bits per heavy atom. The molecule has 4 heteroatoms. The number of hydrogen-bond donors (Lipinski definition) is 0. The van der Waals surface area contributed by atoms with Gasteiger partial charge >= 0.3 is 0 Å². The van der Waals surface area contributed by atoms with Gasteiger partial charge in [0.25, 0.3) is 5.91 Å². The Balaban J connectivity index is 1.85. The largest absolute Gasteiger partial charge is 0.375 e. The van der Waals surface area contributed by atoms with Crippen LogP contribution >= 0.6 is 15.9 Å². The molecule has 2 aromatic rings. The van der Waals surface area contributed by atoms with Crippen molar-refractivity contribution >= 4 is 32.6 Å². The molecule has 1 aliphatic heterocycles. The SMILES string of the molecule is CCC1CN(C(=O)c2ccc3cc(Br)ccc3c2)CCO1. The smallest absolute Gasteiger partial charge is 0.254 e. The summed E-state index contributed by atoms with van der Waals surface area (Å²) in [7, 11) is 0. The van der Waals surface area contributed by atoms with E-state index in [0.29, 0.717) is 19.7 Å². The number of amides is 1. The fourth-order valence-corrected chi connectivity index (χ4v) is 3.06. The number of hydrogen-bond acceptors (Lipinski definition) is 2. The van der Waals surface area contributed by atoms with Crippen LogP contribution in [-0.2, 0) is 4.74 Å². The third-order valence-electron chi connectivity index (χ3n) is 3.93. The van der Waals surface area contributed by atoms with Gasteiger partial charge in [-0.25, -0.2) is 0 Å². The van der Waals surface area contributed by atoms with Gasteiger partial charge in [0, 0.05) is 23.1 Å². The number of benzene rings is 2. The summed E-state index contributed by atoms with van der Waals surface area (Å²) in [6.07, 6.45) is 1.11. The minimum Gasteiger partial charge on any atom is -0.375 e. The maximum absolute atomic E-state index is 12.6. The molecule has 3 nitrogen and oxygen atoms in total. The molecule has 2 aromatic carbocycles. The first kappa shape index (κ1) is 14.5. The quantitative estimate of drug-likeness (QED) is 0.825. The fourth-order valence-electron chi connectivity index (χ4n) is 2.68. The lowest BCUT2D eigenvalue weighted by atomic mass is 10.1. The Kier molecular flexibility index (Phi) is 4.27. The van der Waals surface area contributed by atoms with Crippen LogP contribution in [0.15, 0.2) is 40.9 Å². The number of morpholine rings is 1. The van der Waals surface area contributed by atoms with Gasteiger partial charge in [0.15, 0.2) is 0 Å². The second kappa shape index (κ2) is 6.16. The summed E-state index contributed by atoms with van der Waals surface area (Å²) in [6, 6.07) is 12.0. The zero-order valence-electron chi connectivity index (χ0n) is 12.0. The van der Waals surface area contributed by atoms with Gasteiger partial charge in [-0.05, 0) is 41.5 Å². The predicted octanol–water partition coefficient (Wildman–Crippen LogP) is 3.85. The van der Waals surface area contributed by atoms with Gasteiger partial charge in [-0.15, -0.1) is 0 Å². The van der Waals surface area contributed by atoms with E-state index in [1.54, 1.807) is 0 Å². The monoisotopic (exact) mass is 347 g/mol. The molecule has 0 saturated carbocycles. The third-order valence-corrected chi connectivity index (χ3v) is 4.42. The molecule has 1 aliphatic rings. The van der Waals surface area contributed by atoms with E-state index in [4.69, 9.17) is 4.74 Å². The summed E-state index contributed by atoms with van der Waals surface area (Å²) in [5.74, 6) is 0.0987. The predicted molar refractivity (Wildman–Crippen MR) is 87.6 cm³/mol. The summed E-state index contributed by atoms with van der Waals surface area (Å²) in [4.78, 5) is 14.5. The maximum Gasteiger partial charge on any atom is 0.254 e. The molecule has 0 aromatic heterocycles. The van der Waals surface area contributed by atoms with Crippen molar-refractivity contribution < 1.29 is 9.53 Å². The van der Waals surface area contributed by atoms with Crippen LogP contribution < -0.4 is 0 Å². The van der Waals surface area contributed by atoms with Gasteiger partial charge in [0.05, 0.1) is 12.7 Å². The van der Waals surface area contributed by atoms with E-state index in [1.807, 2.05) is 35.2 Å². The van der Waals surface area contributed by atoms with Gasteiger partial charge in [-0.2, -0.15) is 0 Å². The zero-order chi connectivity index (χ0) is 14.8. The molecular weight excluding hydrogens is 330 g/mol. The van der Waals surface area contributed by atoms with Crippen molar-refractivity contribution in [2.75, 3.05) is 19.7 Å². The molecule has 0 spiro atoms. The highest BCUT2D eigenvalue weighted by atomic mass is 79.9. The number of nitrogens with zero attached hydrogens (tertiary/aromatic N) is 1. The van der Waals surface area contributed by atoms with Crippen molar-refractivity contribution in [3.63, 3.8) is 0 Å². The average molecular weight is 348 g/mol. The number of carbonyl (C=O) groups excluding carboxylic acids is 1. The Bertz CT molecular complexity index is 671. The normalized spacial score (nSPS) is 19.0. The first-order valence-electron chi connectivity index (χ1n) is 7.27. The Labute approximate surface area is 133 Å². The molecule has 21 heavy (non-hydrogen) atoms. The highest BCUT2D eigenvalue weighted by Crippen LogP contribution is 2.22. The standard InChI is InChI=1S/C17H18BrNO2/c1-2-16-11-19(7-8-21-16)17(20)14-4-3-13-10-15(18)6-5-12(13)9-14/h3-6,9-10,16H,2,7-8,11H2,1H3. The van der Waals surface area contributed by atoms with Crippen LogP contribution in [0.5, 0.6) is 0 Å². The molecule has 1 saturated heterocycles. The molecule has 1 atom stereocenters. The Morgan fingerprint density at radius 3 is 2.86 bits per heavy atom. The van der Waals surface area contributed by atoms with Crippen LogP contribution in [0.2, 0.25) is 0 Å². The molecule has 110 valence electrons. The number of fused-ring (bicyclic) bond motifs is 1.